The average Bonchev–Trinajstić information content (AvgIpc) is 3.25. The Balaban J connectivity index is 1.78. The number of ether oxygens (including phenoxy) is 1. The molecule has 21 heavy (non-hydrogen) atoms. The van der Waals surface area contributed by atoms with Gasteiger partial charge in [0.1, 0.15) is 10.6 Å². The predicted octanol–water partition coefficient (Wildman–Crippen LogP) is 4.29. The standard InChI is InChI=1S/C17H28N2OS/c1-3-20-17(10-6-4-5-7-11-17)16-19-13(2)15(21-16)12-18-14-8-9-14/h14,18H,3-12H2,1-2H3. The Morgan fingerprint density at radius 3 is 2.57 bits per heavy atom. The summed E-state index contributed by atoms with van der Waals surface area (Å²) in [7, 11) is 0. The van der Waals surface area contributed by atoms with Gasteiger partial charge in [0.05, 0.1) is 5.69 Å². The Morgan fingerprint density at radius 2 is 1.95 bits per heavy atom. The highest BCUT2D eigenvalue weighted by molar-refractivity contribution is 7.11. The van der Waals surface area contributed by atoms with Crippen molar-refractivity contribution in [3.8, 4) is 0 Å². The second kappa shape index (κ2) is 6.76. The zero-order valence-electron chi connectivity index (χ0n) is 13.4. The fourth-order valence-corrected chi connectivity index (χ4v) is 4.52. The third-order valence-corrected chi connectivity index (χ3v) is 6.09. The Kier molecular flexibility index (Phi) is 4.97. The first-order valence-corrected chi connectivity index (χ1v) is 9.39. The van der Waals surface area contributed by atoms with Crippen molar-refractivity contribution in [2.45, 2.75) is 83.4 Å². The number of hydrogen-bond donors (Lipinski definition) is 1. The van der Waals surface area contributed by atoms with E-state index >= 15 is 0 Å². The number of aromatic nitrogens is 1. The van der Waals surface area contributed by atoms with Gasteiger partial charge in [0, 0.05) is 24.1 Å². The maximum absolute atomic E-state index is 6.27. The van der Waals surface area contributed by atoms with Crippen molar-refractivity contribution in [1.82, 2.24) is 10.3 Å². The molecule has 0 saturated heterocycles. The summed E-state index contributed by atoms with van der Waals surface area (Å²) in [6, 6.07) is 0.758. The Labute approximate surface area is 132 Å². The van der Waals surface area contributed by atoms with E-state index in [1.807, 2.05) is 11.3 Å². The lowest BCUT2D eigenvalue weighted by Crippen LogP contribution is -2.29. The molecule has 0 unspecified atom stereocenters. The van der Waals surface area contributed by atoms with E-state index in [1.165, 1.54) is 54.1 Å². The molecule has 0 amide bonds. The fraction of sp³-hybridized carbons (Fsp3) is 0.824. The topological polar surface area (TPSA) is 34.1 Å². The summed E-state index contributed by atoms with van der Waals surface area (Å²) < 4.78 is 6.27. The average molecular weight is 308 g/mol. The molecule has 4 heteroatoms. The number of nitrogens with one attached hydrogen (secondary N) is 1. The van der Waals surface area contributed by atoms with Crippen LogP contribution in [0.4, 0.5) is 0 Å². The Hall–Kier alpha value is -0.450. The first-order valence-electron chi connectivity index (χ1n) is 8.57. The lowest BCUT2D eigenvalue weighted by Gasteiger charge is -2.30. The Bertz CT molecular complexity index is 459. The van der Waals surface area contributed by atoms with E-state index in [1.54, 1.807) is 0 Å². The molecule has 0 bridgehead atoms. The normalized spacial score (nSPS) is 22.2. The van der Waals surface area contributed by atoms with Gasteiger partial charge in [-0.25, -0.2) is 4.98 Å². The zero-order valence-corrected chi connectivity index (χ0v) is 14.2. The molecule has 3 rings (SSSR count). The van der Waals surface area contributed by atoms with Crippen LogP contribution >= 0.6 is 11.3 Å². The van der Waals surface area contributed by atoms with Crippen molar-refractivity contribution < 1.29 is 4.74 Å². The van der Waals surface area contributed by atoms with Crippen LogP contribution in [-0.4, -0.2) is 17.6 Å². The molecule has 2 fully saturated rings. The van der Waals surface area contributed by atoms with Gasteiger partial charge < -0.3 is 10.1 Å². The van der Waals surface area contributed by atoms with Gasteiger partial charge in [0.15, 0.2) is 0 Å². The molecular weight excluding hydrogens is 280 g/mol. The lowest BCUT2D eigenvalue weighted by atomic mass is 9.95. The van der Waals surface area contributed by atoms with Crippen LogP contribution in [0.15, 0.2) is 0 Å². The van der Waals surface area contributed by atoms with Crippen molar-refractivity contribution in [2.75, 3.05) is 6.61 Å². The SMILES string of the molecule is CCOC1(c2nc(C)c(CNC3CC3)s2)CCCCCC1. The molecule has 2 aliphatic carbocycles. The van der Waals surface area contributed by atoms with E-state index in [9.17, 15) is 0 Å². The van der Waals surface area contributed by atoms with E-state index in [0.29, 0.717) is 0 Å². The highest BCUT2D eigenvalue weighted by atomic mass is 32.1. The zero-order chi connectivity index (χ0) is 14.7. The number of thiazole rings is 1. The number of rotatable bonds is 6. The van der Waals surface area contributed by atoms with E-state index in [-0.39, 0.29) is 5.60 Å². The minimum Gasteiger partial charge on any atom is -0.368 e. The minimum absolute atomic E-state index is 0.0987. The van der Waals surface area contributed by atoms with Crippen molar-refractivity contribution in [3.05, 3.63) is 15.6 Å². The first kappa shape index (κ1) is 15.4. The summed E-state index contributed by atoms with van der Waals surface area (Å²) >= 11 is 1.89. The van der Waals surface area contributed by atoms with E-state index in [0.717, 1.165) is 32.0 Å². The number of aryl methyl sites for hydroxylation is 1. The van der Waals surface area contributed by atoms with E-state index in [2.05, 4.69) is 19.2 Å². The highest BCUT2D eigenvalue weighted by Crippen LogP contribution is 2.42. The second-order valence-electron chi connectivity index (χ2n) is 6.52. The van der Waals surface area contributed by atoms with Gasteiger partial charge in [-0.3, -0.25) is 0 Å². The second-order valence-corrected chi connectivity index (χ2v) is 7.61. The molecule has 0 radical (unpaired) electrons. The molecule has 0 spiro atoms. The van der Waals surface area contributed by atoms with Gasteiger partial charge in [0.2, 0.25) is 0 Å². The van der Waals surface area contributed by atoms with Gasteiger partial charge in [-0.2, -0.15) is 0 Å². The van der Waals surface area contributed by atoms with Crippen LogP contribution in [0.25, 0.3) is 0 Å². The molecular formula is C17H28N2OS. The molecule has 3 nitrogen and oxygen atoms in total. The molecule has 1 aromatic rings. The van der Waals surface area contributed by atoms with Gasteiger partial charge in [-0.05, 0) is 39.5 Å². The molecule has 0 aromatic carbocycles. The monoisotopic (exact) mass is 308 g/mol. The molecule has 1 aromatic heterocycles. The van der Waals surface area contributed by atoms with Crippen LogP contribution in [0.3, 0.4) is 0 Å². The first-order chi connectivity index (χ1) is 10.2. The van der Waals surface area contributed by atoms with Crippen LogP contribution < -0.4 is 5.32 Å². The van der Waals surface area contributed by atoms with Gasteiger partial charge >= 0.3 is 0 Å². The number of nitrogens with zero attached hydrogens (tertiary/aromatic N) is 1. The molecule has 118 valence electrons. The largest absolute Gasteiger partial charge is 0.368 e. The Morgan fingerprint density at radius 1 is 1.24 bits per heavy atom. The summed E-state index contributed by atoms with van der Waals surface area (Å²) in [6.45, 7) is 6.04. The van der Waals surface area contributed by atoms with Crippen molar-refractivity contribution in [3.63, 3.8) is 0 Å². The summed E-state index contributed by atoms with van der Waals surface area (Å²) in [4.78, 5) is 6.32. The summed E-state index contributed by atoms with van der Waals surface area (Å²) in [5.41, 5.74) is 1.10. The van der Waals surface area contributed by atoms with Crippen LogP contribution in [0, 0.1) is 6.92 Å². The van der Waals surface area contributed by atoms with Gasteiger partial charge in [-0.1, -0.05) is 25.7 Å². The number of hydrogen-bond acceptors (Lipinski definition) is 4. The maximum Gasteiger partial charge on any atom is 0.125 e. The smallest absolute Gasteiger partial charge is 0.125 e. The van der Waals surface area contributed by atoms with Crippen LogP contribution in [0.2, 0.25) is 0 Å². The lowest BCUT2D eigenvalue weighted by molar-refractivity contribution is -0.0560. The van der Waals surface area contributed by atoms with E-state index < -0.39 is 0 Å². The highest BCUT2D eigenvalue weighted by Gasteiger charge is 2.37. The molecule has 2 aliphatic rings. The predicted molar refractivity (Wildman–Crippen MR) is 87.7 cm³/mol. The molecule has 1 heterocycles. The third kappa shape index (κ3) is 3.66. The summed E-state index contributed by atoms with van der Waals surface area (Å²) in [6.07, 6.45) is 10.2. The molecule has 1 N–H and O–H groups in total. The quantitative estimate of drug-likeness (QED) is 0.796. The van der Waals surface area contributed by atoms with Gasteiger partial charge in [-0.15, -0.1) is 11.3 Å². The third-order valence-electron chi connectivity index (χ3n) is 4.74. The summed E-state index contributed by atoms with van der Waals surface area (Å²) in [5, 5.41) is 4.85. The fourth-order valence-electron chi connectivity index (χ4n) is 3.31. The minimum atomic E-state index is -0.0987. The van der Waals surface area contributed by atoms with Gasteiger partial charge in [0.25, 0.3) is 0 Å². The van der Waals surface area contributed by atoms with Crippen molar-refractivity contribution in [1.29, 1.82) is 0 Å². The van der Waals surface area contributed by atoms with Crippen LogP contribution in [-0.2, 0) is 16.9 Å². The molecule has 2 saturated carbocycles. The van der Waals surface area contributed by atoms with Crippen LogP contribution in [0.5, 0.6) is 0 Å². The van der Waals surface area contributed by atoms with Crippen molar-refractivity contribution in [2.24, 2.45) is 0 Å². The maximum atomic E-state index is 6.27. The summed E-state index contributed by atoms with van der Waals surface area (Å²) in [5.74, 6) is 0. The molecule has 0 atom stereocenters. The molecule has 0 aliphatic heterocycles. The van der Waals surface area contributed by atoms with Crippen molar-refractivity contribution >= 4 is 11.3 Å². The van der Waals surface area contributed by atoms with Crippen LogP contribution in [0.1, 0.15) is 73.9 Å². The van der Waals surface area contributed by atoms with E-state index in [4.69, 9.17) is 9.72 Å².